The molecule has 2 rings (SSSR count). The molecule has 0 fully saturated rings. The van der Waals surface area contributed by atoms with Crippen molar-refractivity contribution in [2.24, 2.45) is 0 Å². The zero-order valence-corrected chi connectivity index (χ0v) is 11.6. The molecule has 0 radical (unpaired) electrons. The Morgan fingerprint density at radius 1 is 1.10 bits per heavy atom. The fraction of sp³-hybridized carbons (Fsp3) is 0.118. The van der Waals surface area contributed by atoms with Gasteiger partial charge in [-0.3, -0.25) is 0 Å². The third-order valence-electron chi connectivity index (χ3n) is 2.88. The lowest BCUT2D eigenvalue weighted by atomic mass is 10.1. The number of carbonyl (C=O) groups is 1. The van der Waals surface area contributed by atoms with E-state index in [1.165, 1.54) is 23.9 Å². The van der Waals surface area contributed by atoms with Gasteiger partial charge < -0.3 is 10.6 Å². The Kier molecular flexibility index (Phi) is 5.52. The van der Waals surface area contributed by atoms with E-state index in [1.807, 2.05) is 30.3 Å². The molecule has 0 saturated heterocycles. The Morgan fingerprint density at radius 3 is 2.67 bits per heavy atom. The zero-order chi connectivity index (χ0) is 14.9. The van der Waals surface area contributed by atoms with Crippen LogP contribution < -0.4 is 10.6 Å². The molecule has 0 unspecified atom stereocenters. The smallest absolute Gasteiger partial charge is 0.318 e. The molecule has 0 spiro atoms. The summed E-state index contributed by atoms with van der Waals surface area (Å²) in [5.41, 5.74) is 1.87. The van der Waals surface area contributed by atoms with E-state index in [4.69, 9.17) is 0 Å². The van der Waals surface area contributed by atoms with Crippen LogP contribution in [0.2, 0.25) is 0 Å². The highest BCUT2D eigenvalue weighted by Gasteiger charge is 1.97. The van der Waals surface area contributed by atoms with Crippen LogP contribution in [0.15, 0.2) is 60.8 Å². The second kappa shape index (κ2) is 7.85. The first-order valence-corrected chi connectivity index (χ1v) is 6.74. The van der Waals surface area contributed by atoms with Crippen molar-refractivity contribution in [1.82, 2.24) is 10.6 Å². The summed E-state index contributed by atoms with van der Waals surface area (Å²) >= 11 is 0. The Balaban J connectivity index is 1.70. The van der Waals surface area contributed by atoms with E-state index in [1.54, 1.807) is 18.2 Å². The number of halogens is 1. The maximum absolute atomic E-state index is 12.9. The van der Waals surface area contributed by atoms with Gasteiger partial charge in [0, 0.05) is 12.7 Å². The van der Waals surface area contributed by atoms with Crippen LogP contribution in [0.1, 0.15) is 11.1 Å². The van der Waals surface area contributed by atoms with Crippen LogP contribution >= 0.6 is 0 Å². The Hall–Kier alpha value is -2.62. The molecule has 0 atom stereocenters. The van der Waals surface area contributed by atoms with Gasteiger partial charge in [0.15, 0.2) is 0 Å². The number of benzene rings is 2. The number of amides is 2. The predicted octanol–water partition coefficient (Wildman–Crippen LogP) is 3.34. The number of hydrogen-bond acceptors (Lipinski definition) is 1. The first kappa shape index (κ1) is 14.8. The summed E-state index contributed by atoms with van der Waals surface area (Å²) in [6.07, 6.45) is 3.91. The predicted molar refractivity (Wildman–Crippen MR) is 82.1 cm³/mol. The second-order valence-electron chi connectivity index (χ2n) is 4.52. The summed E-state index contributed by atoms with van der Waals surface area (Å²) in [5.74, 6) is -0.301. The Labute approximate surface area is 123 Å². The van der Waals surface area contributed by atoms with Crippen molar-refractivity contribution >= 4 is 12.1 Å². The quantitative estimate of drug-likeness (QED) is 0.868. The number of hydrogen-bond donors (Lipinski definition) is 2. The highest BCUT2D eigenvalue weighted by molar-refractivity contribution is 5.75. The first-order chi connectivity index (χ1) is 10.2. The summed E-state index contributed by atoms with van der Waals surface area (Å²) in [7, 11) is 0. The van der Waals surface area contributed by atoms with Gasteiger partial charge in [0.2, 0.25) is 0 Å². The van der Waals surface area contributed by atoms with Gasteiger partial charge in [0.25, 0.3) is 0 Å². The zero-order valence-electron chi connectivity index (χ0n) is 11.6. The minimum Gasteiger partial charge on any atom is -0.338 e. The van der Waals surface area contributed by atoms with Gasteiger partial charge in [-0.25, -0.2) is 9.18 Å². The Morgan fingerprint density at radius 2 is 1.90 bits per heavy atom. The molecule has 2 aromatic carbocycles. The molecular formula is C17H17FN2O. The molecule has 0 aliphatic heterocycles. The Bertz CT molecular complexity index is 611. The van der Waals surface area contributed by atoms with Crippen molar-refractivity contribution in [2.75, 3.05) is 6.54 Å². The number of carbonyl (C=O) groups excluding carboxylic acids is 1. The summed E-state index contributed by atoms with van der Waals surface area (Å²) in [5, 5.41) is 5.34. The standard InChI is InChI=1S/C17H17FN2O/c18-16-8-4-7-15(13-16)10-12-20-17(21)19-11-9-14-5-2-1-3-6-14/h1-8,10,12-13H,9,11H2,(H2,19,20,21)/b12-10+. The van der Waals surface area contributed by atoms with E-state index >= 15 is 0 Å². The lowest BCUT2D eigenvalue weighted by Gasteiger charge is -2.04. The van der Waals surface area contributed by atoms with Gasteiger partial charge in [0.1, 0.15) is 5.82 Å². The molecular weight excluding hydrogens is 267 g/mol. The van der Waals surface area contributed by atoms with Gasteiger partial charge in [-0.2, -0.15) is 0 Å². The highest BCUT2D eigenvalue weighted by Crippen LogP contribution is 2.04. The van der Waals surface area contributed by atoms with Crippen molar-refractivity contribution in [3.8, 4) is 0 Å². The second-order valence-corrected chi connectivity index (χ2v) is 4.52. The first-order valence-electron chi connectivity index (χ1n) is 6.74. The SMILES string of the molecule is O=C(N/C=C/c1cccc(F)c1)NCCc1ccccc1. The third kappa shape index (κ3) is 5.48. The van der Waals surface area contributed by atoms with E-state index in [0.29, 0.717) is 12.1 Å². The molecule has 0 saturated carbocycles. The maximum atomic E-state index is 12.9. The normalized spacial score (nSPS) is 10.5. The summed E-state index contributed by atoms with van der Waals surface area (Å²) in [4.78, 5) is 11.5. The van der Waals surface area contributed by atoms with Crippen molar-refractivity contribution in [3.63, 3.8) is 0 Å². The van der Waals surface area contributed by atoms with Gasteiger partial charge in [-0.1, -0.05) is 42.5 Å². The summed E-state index contributed by atoms with van der Waals surface area (Å²) in [6.45, 7) is 0.559. The molecule has 2 N–H and O–H groups in total. The lowest BCUT2D eigenvalue weighted by molar-refractivity contribution is 0.244. The van der Waals surface area contributed by atoms with Crippen LogP contribution in [0.25, 0.3) is 6.08 Å². The molecule has 3 nitrogen and oxygen atoms in total. The van der Waals surface area contributed by atoms with Crippen LogP contribution in [0.5, 0.6) is 0 Å². The van der Waals surface area contributed by atoms with Gasteiger partial charge in [-0.05, 0) is 35.8 Å². The van der Waals surface area contributed by atoms with Crippen molar-refractivity contribution in [1.29, 1.82) is 0 Å². The average molecular weight is 284 g/mol. The van der Waals surface area contributed by atoms with E-state index < -0.39 is 0 Å². The molecule has 0 bridgehead atoms. The van der Waals surface area contributed by atoms with E-state index in [2.05, 4.69) is 10.6 Å². The van der Waals surface area contributed by atoms with Crippen molar-refractivity contribution in [3.05, 3.63) is 77.7 Å². The molecule has 4 heteroatoms. The molecule has 0 aliphatic rings. The maximum Gasteiger partial charge on any atom is 0.318 e. The van der Waals surface area contributed by atoms with E-state index in [9.17, 15) is 9.18 Å². The molecule has 2 aromatic rings. The van der Waals surface area contributed by atoms with Crippen LogP contribution in [0.3, 0.4) is 0 Å². The van der Waals surface area contributed by atoms with Gasteiger partial charge >= 0.3 is 6.03 Å². The molecule has 0 aromatic heterocycles. The molecule has 108 valence electrons. The molecule has 0 heterocycles. The minimum absolute atomic E-state index is 0.279. The van der Waals surface area contributed by atoms with Crippen LogP contribution in [-0.2, 0) is 6.42 Å². The van der Waals surface area contributed by atoms with Crippen molar-refractivity contribution in [2.45, 2.75) is 6.42 Å². The molecule has 2 amide bonds. The van der Waals surface area contributed by atoms with Crippen LogP contribution in [-0.4, -0.2) is 12.6 Å². The van der Waals surface area contributed by atoms with Gasteiger partial charge in [-0.15, -0.1) is 0 Å². The molecule has 0 aliphatic carbocycles. The number of rotatable bonds is 5. The van der Waals surface area contributed by atoms with Gasteiger partial charge in [0.05, 0.1) is 0 Å². The van der Waals surface area contributed by atoms with E-state index in [0.717, 1.165) is 6.42 Å². The molecule has 21 heavy (non-hydrogen) atoms. The monoisotopic (exact) mass is 284 g/mol. The summed E-state index contributed by atoms with van der Waals surface area (Å²) < 4.78 is 12.9. The number of nitrogens with one attached hydrogen (secondary N) is 2. The third-order valence-corrected chi connectivity index (χ3v) is 2.88. The van der Waals surface area contributed by atoms with Crippen LogP contribution in [0, 0.1) is 5.82 Å². The number of urea groups is 1. The highest BCUT2D eigenvalue weighted by atomic mass is 19.1. The van der Waals surface area contributed by atoms with E-state index in [-0.39, 0.29) is 11.8 Å². The minimum atomic E-state index is -0.301. The summed E-state index contributed by atoms with van der Waals surface area (Å²) in [6, 6.07) is 15.8. The lowest BCUT2D eigenvalue weighted by Crippen LogP contribution is -2.33. The largest absolute Gasteiger partial charge is 0.338 e. The fourth-order valence-electron chi connectivity index (χ4n) is 1.84. The average Bonchev–Trinajstić information content (AvgIpc) is 2.48. The van der Waals surface area contributed by atoms with Crippen molar-refractivity contribution < 1.29 is 9.18 Å². The topological polar surface area (TPSA) is 41.1 Å². The van der Waals surface area contributed by atoms with Crippen LogP contribution in [0.4, 0.5) is 9.18 Å². The fourth-order valence-corrected chi connectivity index (χ4v) is 1.84.